The zero-order chi connectivity index (χ0) is 16.8. The van der Waals surface area contributed by atoms with Gasteiger partial charge >= 0.3 is 5.97 Å². The highest BCUT2D eigenvalue weighted by Crippen LogP contribution is 2.14. The number of hydrogen-bond donors (Lipinski definition) is 2. The van der Waals surface area contributed by atoms with Crippen molar-refractivity contribution in [1.82, 2.24) is 20.1 Å². The Hall–Kier alpha value is -2.70. The lowest BCUT2D eigenvalue weighted by Gasteiger charge is -2.15. The molecule has 7 nitrogen and oxygen atoms in total. The molecular formula is C16H20N4O3. The number of carboxylic acid groups (broad SMARTS) is 1. The lowest BCUT2D eigenvalue weighted by molar-refractivity contribution is -0.139. The molecule has 1 heterocycles. The van der Waals surface area contributed by atoms with Crippen LogP contribution in [0.1, 0.15) is 42.1 Å². The second-order valence-electron chi connectivity index (χ2n) is 5.35. The molecular weight excluding hydrogens is 296 g/mol. The highest BCUT2D eigenvalue weighted by atomic mass is 16.4. The van der Waals surface area contributed by atoms with E-state index in [0.29, 0.717) is 12.0 Å². The summed E-state index contributed by atoms with van der Waals surface area (Å²) in [5, 5.41) is 15.8. The first-order chi connectivity index (χ1) is 11.0. The van der Waals surface area contributed by atoms with Crippen LogP contribution in [-0.4, -0.2) is 37.8 Å². The highest BCUT2D eigenvalue weighted by Gasteiger charge is 2.21. The van der Waals surface area contributed by atoms with Crippen molar-refractivity contribution in [3.05, 3.63) is 42.0 Å². The molecule has 7 heteroatoms. The fourth-order valence-electron chi connectivity index (χ4n) is 2.29. The van der Waals surface area contributed by atoms with Gasteiger partial charge in [-0.1, -0.05) is 19.8 Å². The lowest BCUT2D eigenvalue weighted by Crippen LogP contribution is -2.41. The molecule has 2 rings (SSSR count). The van der Waals surface area contributed by atoms with E-state index in [1.54, 1.807) is 30.1 Å². The summed E-state index contributed by atoms with van der Waals surface area (Å²) < 4.78 is 1.59. The van der Waals surface area contributed by atoms with E-state index in [9.17, 15) is 14.7 Å². The van der Waals surface area contributed by atoms with E-state index >= 15 is 0 Å². The van der Waals surface area contributed by atoms with Crippen molar-refractivity contribution in [3.8, 4) is 5.69 Å². The fourth-order valence-corrected chi connectivity index (χ4v) is 2.29. The first-order valence-corrected chi connectivity index (χ1v) is 7.52. The highest BCUT2D eigenvalue weighted by molar-refractivity contribution is 5.98. The van der Waals surface area contributed by atoms with Gasteiger partial charge in [0.05, 0.1) is 5.69 Å². The molecule has 0 aliphatic heterocycles. The number of benzene rings is 1. The lowest BCUT2D eigenvalue weighted by atomic mass is 10.1. The molecule has 122 valence electrons. The van der Waals surface area contributed by atoms with Gasteiger partial charge < -0.3 is 10.4 Å². The second-order valence-corrected chi connectivity index (χ2v) is 5.35. The van der Waals surface area contributed by atoms with Crippen LogP contribution in [-0.2, 0) is 4.79 Å². The third-order valence-corrected chi connectivity index (χ3v) is 3.59. The summed E-state index contributed by atoms with van der Waals surface area (Å²) >= 11 is 0. The van der Waals surface area contributed by atoms with Gasteiger partial charge in [0, 0.05) is 5.56 Å². The van der Waals surface area contributed by atoms with Crippen LogP contribution >= 0.6 is 0 Å². The van der Waals surface area contributed by atoms with Crippen LogP contribution in [0.4, 0.5) is 0 Å². The number of rotatable bonds is 7. The predicted molar refractivity (Wildman–Crippen MR) is 84.5 cm³/mol. The van der Waals surface area contributed by atoms with Crippen molar-refractivity contribution in [3.63, 3.8) is 0 Å². The van der Waals surface area contributed by atoms with E-state index in [4.69, 9.17) is 0 Å². The number of aliphatic carboxylic acids is 1. The molecule has 1 unspecified atom stereocenters. The van der Waals surface area contributed by atoms with E-state index in [2.05, 4.69) is 15.4 Å². The van der Waals surface area contributed by atoms with Crippen molar-refractivity contribution >= 4 is 11.9 Å². The van der Waals surface area contributed by atoms with Crippen LogP contribution in [0.25, 0.3) is 5.69 Å². The van der Waals surface area contributed by atoms with Crippen molar-refractivity contribution in [1.29, 1.82) is 0 Å². The normalized spacial score (nSPS) is 11.9. The zero-order valence-corrected chi connectivity index (χ0v) is 13.2. The number of carbonyl (C=O) groups excluding carboxylic acids is 1. The molecule has 1 atom stereocenters. The van der Waals surface area contributed by atoms with Crippen molar-refractivity contribution in [2.45, 2.75) is 39.2 Å². The average Bonchev–Trinajstić information content (AvgIpc) is 3.05. The van der Waals surface area contributed by atoms with Crippen LogP contribution in [0.15, 0.2) is 30.9 Å². The molecule has 0 aliphatic carbocycles. The number of aryl methyl sites for hydroxylation is 1. The smallest absolute Gasteiger partial charge is 0.326 e. The molecule has 0 fully saturated rings. The predicted octanol–water partition coefficient (Wildman–Crippen LogP) is 1.95. The van der Waals surface area contributed by atoms with Gasteiger partial charge in [-0.25, -0.2) is 14.5 Å². The number of aromatic nitrogens is 3. The maximum absolute atomic E-state index is 12.3. The van der Waals surface area contributed by atoms with Gasteiger partial charge in [0.25, 0.3) is 5.91 Å². The Balaban J connectivity index is 2.14. The van der Waals surface area contributed by atoms with Crippen LogP contribution in [0, 0.1) is 6.92 Å². The molecule has 0 radical (unpaired) electrons. The molecule has 23 heavy (non-hydrogen) atoms. The van der Waals surface area contributed by atoms with Gasteiger partial charge in [-0.15, -0.1) is 0 Å². The summed E-state index contributed by atoms with van der Waals surface area (Å²) in [6.45, 7) is 3.78. The van der Waals surface area contributed by atoms with Gasteiger partial charge in [0.2, 0.25) is 0 Å². The topological polar surface area (TPSA) is 97.1 Å². The third-order valence-electron chi connectivity index (χ3n) is 3.59. The molecule has 1 aromatic carbocycles. The number of amides is 1. The van der Waals surface area contributed by atoms with Crippen molar-refractivity contribution in [2.24, 2.45) is 0 Å². The fraction of sp³-hybridized carbons (Fsp3) is 0.375. The summed E-state index contributed by atoms with van der Waals surface area (Å²) in [7, 11) is 0. The van der Waals surface area contributed by atoms with Crippen LogP contribution in [0.5, 0.6) is 0 Å². The van der Waals surface area contributed by atoms with Gasteiger partial charge in [0.1, 0.15) is 18.7 Å². The number of nitrogens with one attached hydrogen (secondary N) is 1. The third kappa shape index (κ3) is 4.15. The number of carbonyl (C=O) groups is 2. The van der Waals surface area contributed by atoms with E-state index in [1.807, 2.05) is 13.0 Å². The Labute approximate surface area is 134 Å². The van der Waals surface area contributed by atoms with E-state index in [1.165, 1.54) is 6.33 Å². The summed E-state index contributed by atoms with van der Waals surface area (Å²) in [5.74, 6) is -1.39. The number of carboxylic acids is 1. The van der Waals surface area contributed by atoms with Gasteiger partial charge in [-0.3, -0.25) is 4.79 Å². The summed E-state index contributed by atoms with van der Waals surface area (Å²) in [4.78, 5) is 27.4. The van der Waals surface area contributed by atoms with E-state index < -0.39 is 12.0 Å². The first-order valence-electron chi connectivity index (χ1n) is 7.52. The van der Waals surface area contributed by atoms with Crippen LogP contribution in [0.2, 0.25) is 0 Å². The number of nitrogens with zero attached hydrogens (tertiary/aromatic N) is 3. The largest absolute Gasteiger partial charge is 0.480 e. The van der Waals surface area contributed by atoms with Gasteiger partial charge in [-0.05, 0) is 37.1 Å². The number of hydrogen-bond acceptors (Lipinski definition) is 4. The minimum Gasteiger partial charge on any atom is -0.480 e. The van der Waals surface area contributed by atoms with E-state index in [-0.39, 0.29) is 5.91 Å². The maximum atomic E-state index is 12.3. The van der Waals surface area contributed by atoms with E-state index in [0.717, 1.165) is 24.1 Å². The minimum atomic E-state index is -1.01. The van der Waals surface area contributed by atoms with Crippen molar-refractivity contribution < 1.29 is 14.7 Å². The Morgan fingerprint density at radius 2 is 2.17 bits per heavy atom. The summed E-state index contributed by atoms with van der Waals surface area (Å²) in [6.07, 6.45) is 5.06. The Morgan fingerprint density at radius 3 is 2.74 bits per heavy atom. The SMILES string of the molecule is CCCCC(NC(=O)c1ccc(-n2cncn2)cc1C)C(=O)O. The quantitative estimate of drug-likeness (QED) is 0.813. The Kier molecular flexibility index (Phi) is 5.46. The summed E-state index contributed by atoms with van der Waals surface area (Å²) in [5.41, 5.74) is 1.99. The molecule has 1 aromatic heterocycles. The van der Waals surface area contributed by atoms with Crippen LogP contribution < -0.4 is 5.32 Å². The molecule has 1 amide bonds. The maximum Gasteiger partial charge on any atom is 0.326 e. The second kappa shape index (κ2) is 7.53. The molecule has 0 saturated heterocycles. The van der Waals surface area contributed by atoms with Gasteiger partial charge in [-0.2, -0.15) is 5.10 Å². The Morgan fingerprint density at radius 1 is 1.39 bits per heavy atom. The summed E-state index contributed by atoms with van der Waals surface area (Å²) in [6, 6.07) is 4.36. The van der Waals surface area contributed by atoms with Crippen molar-refractivity contribution in [2.75, 3.05) is 0 Å². The van der Waals surface area contributed by atoms with Gasteiger partial charge in [0.15, 0.2) is 0 Å². The van der Waals surface area contributed by atoms with Crippen LogP contribution in [0.3, 0.4) is 0 Å². The molecule has 2 N–H and O–H groups in total. The molecule has 2 aromatic rings. The molecule has 0 spiro atoms. The molecule has 0 aliphatic rings. The molecule has 0 bridgehead atoms. The minimum absolute atomic E-state index is 0.379. The number of unbranched alkanes of at least 4 members (excludes halogenated alkanes) is 1. The monoisotopic (exact) mass is 316 g/mol. The zero-order valence-electron chi connectivity index (χ0n) is 13.2. The first kappa shape index (κ1) is 16.7. The Bertz CT molecular complexity index is 683. The molecule has 0 saturated carbocycles. The average molecular weight is 316 g/mol. The standard InChI is InChI=1S/C16H20N4O3/c1-3-4-5-14(16(22)23)19-15(21)13-7-6-12(8-11(13)2)20-10-17-9-18-20/h6-10,14H,3-5H2,1-2H3,(H,19,21)(H,22,23).